The number of piperidine rings is 1. The minimum absolute atomic E-state index is 0.113. The lowest BCUT2D eigenvalue weighted by Gasteiger charge is -2.40. The van der Waals surface area contributed by atoms with Crippen LogP contribution in [0.5, 0.6) is 0 Å². The van der Waals surface area contributed by atoms with Crippen LogP contribution in [0.2, 0.25) is 0 Å². The number of halogens is 2. The number of benzene rings is 1. The van der Waals surface area contributed by atoms with E-state index >= 15 is 0 Å². The normalized spacial score (nSPS) is 17.3. The summed E-state index contributed by atoms with van der Waals surface area (Å²) < 4.78 is 31.4. The SMILES string of the molecule is Cc1nnc2n1-c1cnc(-n3ccnc3-c3ccc(F)cc3F)nc1N1CCCCC21. The fourth-order valence-electron chi connectivity index (χ4n) is 4.52. The Kier molecular flexibility index (Phi) is 3.89. The van der Waals surface area contributed by atoms with Gasteiger partial charge in [0.1, 0.15) is 29.0 Å². The van der Waals surface area contributed by atoms with Crippen LogP contribution in [0.15, 0.2) is 36.8 Å². The smallest absolute Gasteiger partial charge is 0.237 e. The van der Waals surface area contributed by atoms with E-state index in [1.54, 1.807) is 23.2 Å². The van der Waals surface area contributed by atoms with Crippen molar-refractivity contribution in [3.05, 3.63) is 60.1 Å². The second-order valence-electron chi connectivity index (χ2n) is 7.77. The topological polar surface area (TPSA) is 77.5 Å². The minimum Gasteiger partial charge on any atom is -0.344 e. The molecule has 3 aromatic heterocycles. The lowest BCUT2D eigenvalue weighted by atomic mass is 9.99. The molecule has 8 nitrogen and oxygen atoms in total. The van der Waals surface area contributed by atoms with Crippen molar-refractivity contribution in [3.63, 3.8) is 0 Å². The number of aryl methyl sites for hydroxylation is 1. The molecule has 10 heteroatoms. The van der Waals surface area contributed by atoms with Crippen LogP contribution in [0.1, 0.15) is 37.0 Å². The highest BCUT2D eigenvalue weighted by atomic mass is 19.1. The zero-order chi connectivity index (χ0) is 21.1. The number of hydrogen-bond donors (Lipinski definition) is 0. The first kappa shape index (κ1) is 18.1. The molecule has 1 saturated heterocycles. The quantitative estimate of drug-likeness (QED) is 0.494. The third kappa shape index (κ3) is 2.67. The number of nitrogens with zero attached hydrogens (tertiary/aromatic N) is 8. The Hall–Kier alpha value is -3.69. The highest BCUT2D eigenvalue weighted by Crippen LogP contribution is 2.41. The molecule has 0 amide bonds. The van der Waals surface area contributed by atoms with Crippen LogP contribution in [-0.4, -0.2) is 40.8 Å². The molecule has 0 aliphatic carbocycles. The van der Waals surface area contributed by atoms with Crippen LogP contribution in [0, 0.1) is 18.6 Å². The molecule has 0 bridgehead atoms. The Morgan fingerprint density at radius 2 is 2.00 bits per heavy atom. The van der Waals surface area contributed by atoms with Gasteiger partial charge in [0, 0.05) is 25.0 Å². The summed E-state index contributed by atoms with van der Waals surface area (Å²) >= 11 is 0. The molecular weight excluding hydrogens is 402 g/mol. The molecule has 6 rings (SSSR count). The fraction of sp³-hybridized carbons (Fsp3) is 0.286. The minimum atomic E-state index is -0.689. The summed E-state index contributed by atoms with van der Waals surface area (Å²) in [7, 11) is 0. The molecule has 31 heavy (non-hydrogen) atoms. The summed E-state index contributed by atoms with van der Waals surface area (Å²) in [5, 5.41) is 8.68. The van der Waals surface area contributed by atoms with E-state index in [0.717, 1.165) is 55.0 Å². The first-order valence-corrected chi connectivity index (χ1v) is 10.2. The van der Waals surface area contributed by atoms with Gasteiger partial charge in [-0.05, 0) is 38.3 Å². The van der Waals surface area contributed by atoms with E-state index in [2.05, 4.69) is 25.1 Å². The fourth-order valence-corrected chi connectivity index (χ4v) is 4.52. The van der Waals surface area contributed by atoms with Gasteiger partial charge in [0.2, 0.25) is 5.95 Å². The van der Waals surface area contributed by atoms with E-state index in [-0.39, 0.29) is 11.6 Å². The van der Waals surface area contributed by atoms with Crippen molar-refractivity contribution in [2.45, 2.75) is 32.2 Å². The summed E-state index contributed by atoms with van der Waals surface area (Å²) in [6.45, 7) is 2.78. The number of imidazole rings is 1. The van der Waals surface area contributed by atoms with Gasteiger partial charge < -0.3 is 4.90 Å². The Labute approximate surface area is 176 Å². The number of aromatic nitrogens is 7. The van der Waals surface area contributed by atoms with E-state index in [4.69, 9.17) is 4.98 Å². The van der Waals surface area contributed by atoms with Gasteiger partial charge in [-0.2, -0.15) is 4.98 Å². The number of anilines is 1. The van der Waals surface area contributed by atoms with Crippen LogP contribution >= 0.6 is 0 Å². The molecule has 4 aromatic rings. The Morgan fingerprint density at radius 1 is 1.10 bits per heavy atom. The molecule has 1 fully saturated rings. The Morgan fingerprint density at radius 3 is 2.87 bits per heavy atom. The molecule has 0 spiro atoms. The molecule has 0 saturated carbocycles. The van der Waals surface area contributed by atoms with Crippen LogP contribution in [0.3, 0.4) is 0 Å². The average Bonchev–Trinajstić information content (AvgIpc) is 3.41. The first-order chi connectivity index (χ1) is 15.1. The number of fused-ring (bicyclic) bond motifs is 6. The maximum Gasteiger partial charge on any atom is 0.237 e. The molecule has 2 aliphatic rings. The molecule has 1 atom stereocenters. The largest absolute Gasteiger partial charge is 0.344 e. The van der Waals surface area contributed by atoms with Gasteiger partial charge >= 0.3 is 0 Å². The van der Waals surface area contributed by atoms with Gasteiger partial charge in [-0.1, -0.05) is 0 Å². The van der Waals surface area contributed by atoms with Gasteiger partial charge in [-0.25, -0.2) is 18.7 Å². The van der Waals surface area contributed by atoms with Gasteiger partial charge in [0.25, 0.3) is 0 Å². The lowest BCUT2D eigenvalue weighted by Crippen LogP contribution is -2.39. The molecule has 2 aliphatic heterocycles. The van der Waals surface area contributed by atoms with Crippen LogP contribution in [0.25, 0.3) is 23.0 Å². The molecule has 1 aromatic carbocycles. The van der Waals surface area contributed by atoms with E-state index in [9.17, 15) is 8.78 Å². The van der Waals surface area contributed by atoms with Gasteiger partial charge in [0.15, 0.2) is 11.6 Å². The highest BCUT2D eigenvalue weighted by molar-refractivity contribution is 5.64. The predicted octanol–water partition coefficient (Wildman–Crippen LogP) is 3.54. The lowest BCUT2D eigenvalue weighted by molar-refractivity contribution is 0.436. The zero-order valence-corrected chi connectivity index (χ0v) is 16.7. The maximum absolute atomic E-state index is 14.4. The summed E-state index contributed by atoms with van der Waals surface area (Å²) in [5.74, 6) is 1.85. The van der Waals surface area contributed by atoms with Crippen LogP contribution in [0.4, 0.5) is 14.6 Å². The molecule has 156 valence electrons. The average molecular weight is 420 g/mol. The number of hydrogen-bond acceptors (Lipinski definition) is 6. The molecule has 0 N–H and O–H groups in total. The Bertz CT molecular complexity index is 1310. The standard InChI is InChI=1S/C21H18F2N8/c1-12-27-28-20-16-4-2-3-8-29(16)19-17(31(12)20)11-25-21(26-19)30-9-7-24-18(30)14-6-5-13(22)10-15(14)23/h5-7,9-11,16H,2-4,8H2,1H3. The van der Waals surface area contributed by atoms with Crippen molar-refractivity contribution < 1.29 is 8.78 Å². The van der Waals surface area contributed by atoms with E-state index in [1.165, 1.54) is 12.1 Å². The van der Waals surface area contributed by atoms with Gasteiger partial charge in [0.05, 0.1) is 17.8 Å². The highest BCUT2D eigenvalue weighted by Gasteiger charge is 2.37. The second kappa shape index (κ2) is 6.66. The first-order valence-electron chi connectivity index (χ1n) is 10.2. The van der Waals surface area contributed by atoms with Crippen LogP contribution in [-0.2, 0) is 0 Å². The van der Waals surface area contributed by atoms with Gasteiger partial charge in [-0.15, -0.1) is 10.2 Å². The summed E-state index contributed by atoms with van der Waals surface area (Å²) in [6, 6.07) is 3.54. The van der Waals surface area contributed by atoms with Crippen molar-refractivity contribution in [2.24, 2.45) is 0 Å². The van der Waals surface area contributed by atoms with Crippen LogP contribution < -0.4 is 4.90 Å². The third-order valence-electron chi connectivity index (χ3n) is 5.93. The van der Waals surface area contributed by atoms with Crippen molar-refractivity contribution in [2.75, 3.05) is 11.4 Å². The molecule has 0 radical (unpaired) electrons. The summed E-state index contributed by atoms with van der Waals surface area (Å²) in [6.07, 6.45) is 8.13. The zero-order valence-electron chi connectivity index (χ0n) is 16.7. The predicted molar refractivity (Wildman–Crippen MR) is 108 cm³/mol. The summed E-state index contributed by atoms with van der Waals surface area (Å²) in [4.78, 5) is 15.9. The van der Waals surface area contributed by atoms with Crippen molar-refractivity contribution >= 4 is 5.82 Å². The molecule has 1 unspecified atom stereocenters. The third-order valence-corrected chi connectivity index (χ3v) is 5.93. The monoisotopic (exact) mass is 420 g/mol. The maximum atomic E-state index is 14.4. The number of rotatable bonds is 2. The van der Waals surface area contributed by atoms with Crippen molar-refractivity contribution in [3.8, 4) is 23.0 Å². The van der Waals surface area contributed by atoms with Crippen molar-refractivity contribution in [1.82, 2.24) is 34.3 Å². The summed E-state index contributed by atoms with van der Waals surface area (Å²) in [5.41, 5.74) is 1.01. The van der Waals surface area contributed by atoms with E-state index in [0.29, 0.717) is 11.8 Å². The van der Waals surface area contributed by atoms with Crippen molar-refractivity contribution in [1.29, 1.82) is 0 Å². The van der Waals surface area contributed by atoms with E-state index in [1.807, 2.05) is 11.5 Å². The van der Waals surface area contributed by atoms with E-state index < -0.39 is 11.6 Å². The molecular formula is C21H18F2N8. The molecule has 5 heterocycles. The second-order valence-corrected chi connectivity index (χ2v) is 7.77. The Balaban J connectivity index is 1.51. The van der Waals surface area contributed by atoms with Gasteiger partial charge in [-0.3, -0.25) is 9.13 Å².